The molecule has 0 N–H and O–H groups in total. The minimum atomic E-state index is -0.0293. The number of imidazole rings is 1. The molecule has 27 heavy (non-hydrogen) atoms. The third-order valence-electron chi connectivity index (χ3n) is 5.31. The molecule has 4 heterocycles. The van der Waals surface area contributed by atoms with E-state index >= 15 is 0 Å². The summed E-state index contributed by atoms with van der Waals surface area (Å²) < 4.78 is 9.55. The van der Waals surface area contributed by atoms with Gasteiger partial charge in [0.15, 0.2) is 5.76 Å². The Morgan fingerprint density at radius 2 is 2.26 bits per heavy atom. The number of aromatic nitrogens is 5. The highest BCUT2D eigenvalue weighted by atomic mass is 16.4. The number of furan rings is 1. The molecule has 1 unspecified atom stereocenters. The summed E-state index contributed by atoms with van der Waals surface area (Å²) in [5.74, 6) is 2.13. The number of nitrogens with zero attached hydrogens (tertiary/aromatic N) is 6. The summed E-state index contributed by atoms with van der Waals surface area (Å²) in [6.07, 6.45) is 8.85. The molecular formula is C19H24N6O2. The fourth-order valence-corrected chi connectivity index (χ4v) is 3.67. The number of carbonyl (C=O) groups is 1. The Kier molecular flexibility index (Phi) is 4.79. The van der Waals surface area contributed by atoms with E-state index in [-0.39, 0.29) is 11.9 Å². The molecule has 3 aromatic heterocycles. The average Bonchev–Trinajstić information content (AvgIpc) is 3.44. The molecule has 1 atom stereocenters. The molecule has 1 aliphatic heterocycles. The van der Waals surface area contributed by atoms with Gasteiger partial charge in [0.1, 0.15) is 30.8 Å². The number of carbonyl (C=O) groups excluding carboxylic acids is 1. The predicted molar refractivity (Wildman–Crippen MR) is 98.2 cm³/mol. The highest BCUT2D eigenvalue weighted by molar-refractivity contribution is 5.92. The zero-order valence-corrected chi connectivity index (χ0v) is 15.7. The van der Waals surface area contributed by atoms with E-state index in [0.29, 0.717) is 18.1 Å². The van der Waals surface area contributed by atoms with E-state index in [1.54, 1.807) is 17.1 Å². The molecular weight excluding hydrogens is 344 g/mol. The number of rotatable bonds is 6. The SMILES string of the molecule is Cc1cnc(CCC2CCCN2C(=O)c2ccc(Cn3cncn3)o2)n1C. The summed E-state index contributed by atoms with van der Waals surface area (Å²) >= 11 is 0. The Balaban J connectivity index is 1.40. The Bertz CT molecular complexity index is 911. The lowest BCUT2D eigenvalue weighted by Gasteiger charge is -2.23. The molecule has 0 aromatic carbocycles. The van der Waals surface area contributed by atoms with Gasteiger partial charge >= 0.3 is 0 Å². The van der Waals surface area contributed by atoms with Gasteiger partial charge in [0, 0.05) is 37.9 Å². The van der Waals surface area contributed by atoms with E-state index < -0.39 is 0 Å². The molecule has 142 valence electrons. The van der Waals surface area contributed by atoms with Crippen LogP contribution >= 0.6 is 0 Å². The van der Waals surface area contributed by atoms with Crippen molar-refractivity contribution in [1.29, 1.82) is 0 Å². The second-order valence-electron chi connectivity index (χ2n) is 7.07. The summed E-state index contributed by atoms with van der Waals surface area (Å²) in [5, 5.41) is 4.06. The number of amides is 1. The first-order valence-corrected chi connectivity index (χ1v) is 9.31. The van der Waals surface area contributed by atoms with E-state index in [9.17, 15) is 4.79 Å². The highest BCUT2D eigenvalue weighted by Gasteiger charge is 2.31. The van der Waals surface area contributed by atoms with Gasteiger partial charge in [-0.2, -0.15) is 5.10 Å². The first kappa shape index (κ1) is 17.5. The molecule has 0 radical (unpaired) electrons. The van der Waals surface area contributed by atoms with Crippen molar-refractivity contribution < 1.29 is 9.21 Å². The van der Waals surface area contributed by atoms with E-state index in [0.717, 1.165) is 43.7 Å². The molecule has 4 rings (SSSR count). The molecule has 8 heteroatoms. The topological polar surface area (TPSA) is 82.0 Å². The van der Waals surface area contributed by atoms with Gasteiger partial charge < -0.3 is 13.9 Å². The largest absolute Gasteiger partial charge is 0.454 e. The maximum Gasteiger partial charge on any atom is 0.289 e. The minimum absolute atomic E-state index is 0.0293. The van der Waals surface area contributed by atoms with Crippen LogP contribution in [0.15, 0.2) is 35.4 Å². The van der Waals surface area contributed by atoms with E-state index in [2.05, 4.69) is 26.6 Å². The van der Waals surface area contributed by atoms with Gasteiger partial charge in [-0.05, 0) is 38.3 Å². The fraction of sp³-hybridized carbons (Fsp3) is 0.474. The second-order valence-corrected chi connectivity index (χ2v) is 7.07. The predicted octanol–water partition coefficient (Wildman–Crippen LogP) is 2.20. The molecule has 1 aliphatic rings. The maximum atomic E-state index is 12.9. The van der Waals surface area contributed by atoms with Crippen molar-refractivity contribution in [2.45, 2.75) is 45.2 Å². The average molecular weight is 368 g/mol. The quantitative estimate of drug-likeness (QED) is 0.666. The van der Waals surface area contributed by atoms with Crippen LogP contribution in [0.1, 0.15) is 47.1 Å². The van der Waals surface area contributed by atoms with Crippen molar-refractivity contribution in [2.24, 2.45) is 7.05 Å². The summed E-state index contributed by atoms with van der Waals surface area (Å²) in [7, 11) is 2.04. The first-order valence-electron chi connectivity index (χ1n) is 9.31. The van der Waals surface area contributed by atoms with Crippen molar-refractivity contribution in [2.75, 3.05) is 6.54 Å². The summed E-state index contributed by atoms with van der Waals surface area (Å²) in [4.78, 5) is 23.3. The molecule has 1 saturated heterocycles. The molecule has 0 aliphatic carbocycles. The van der Waals surface area contributed by atoms with Crippen molar-refractivity contribution >= 4 is 5.91 Å². The van der Waals surface area contributed by atoms with Crippen LogP contribution < -0.4 is 0 Å². The van der Waals surface area contributed by atoms with E-state index in [1.807, 2.05) is 24.2 Å². The fourth-order valence-electron chi connectivity index (χ4n) is 3.67. The van der Waals surface area contributed by atoms with Crippen LogP contribution in [0.4, 0.5) is 0 Å². The van der Waals surface area contributed by atoms with Crippen molar-refractivity contribution in [3.63, 3.8) is 0 Å². The molecule has 8 nitrogen and oxygen atoms in total. The second kappa shape index (κ2) is 7.38. The summed E-state index contributed by atoms with van der Waals surface area (Å²) in [5.41, 5.74) is 1.15. The zero-order valence-electron chi connectivity index (χ0n) is 15.7. The normalized spacial score (nSPS) is 17.0. The Morgan fingerprint density at radius 1 is 1.37 bits per heavy atom. The lowest BCUT2D eigenvalue weighted by atomic mass is 10.1. The van der Waals surface area contributed by atoms with Gasteiger partial charge in [-0.3, -0.25) is 4.79 Å². The first-order chi connectivity index (χ1) is 13.1. The summed E-state index contributed by atoms with van der Waals surface area (Å²) in [6, 6.07) is 3.82. The van der Waals surface area contributed by atoms with Gasteiger partial charge in [0.05, 0.1) is 0 Å². The Morgan fingerprint density at radius 3 is 3.00 bits per heavy atom. The third kappa shape index (κ3) is 3.65. The molecule has 1 amide bonds. The van der Waals surface area contributed by atoms with Crippen LogP contribution in [-0.4, -0.2) is 47.7 Å². The van der Waals surface area contributed by atoms with Gasteiger partial charge in [-0.25, -0.2) is 14.6 Å². The molecule has 1 fully saturated rings. The molecule has 0 bridgehead atoms. The Hall–Kier alpha value is -2.90. The summed E-state index contributed by atoms with van der Waals surface area (Å²) in [6.45, 7) is 3.30. The van der Waals surface area contributed by atoms with Gasteiger partial charge in [0.2, 0.25) is 0 Å². The van der Waals surface area contributed by atoms with Gasteiger partial charge in [-0.1, -0.05) is 0 Å². The van der Waals surface area contributed by atoms with Crippen LogP contribution in [-0.2, 0) is 20.0 Å². The van der Waals surface area contributed by atoms with E-state index in [4.69, 9.17) is 4.42 Å². The van der Waals surface area contributed by atoms with Crippen molar-refractivity contribution in [3.05, 3.63) is 54.0 Å². The minimum Gasteiger partial charge on any atom is -0.454 e. The van der Waals surface area contributed by atoms with Crippen LogP contribution in [0.25, 0.3) is 0 Å². The maximum absolute atomic E-state index is 12.9. The highest BCUT2D eigenvalue weighted by Crippen LogP contribution is 2.24. The van der Waals surface area contributed by atoms with Crippen LogP contribution in [0.2, 0.25) is 0 Å². The van der Waals surface area contributed by atoms with Crippen LogP contribution in [0.5, 0.6) is 0 Å². The number of likely N-dealkylation sites (tertiary alicyclic amines) is 1. The van der Waals surface area contributed by atoms with Crippen LogP contribution in [0.3, 0.4) is 0 Å². The number of aryl methyl sites for hydroxylation is 2. The molecule has 3 aromatic rings. The van der Waals surface area contributed by atoms with E-state index in [1.165, 1.54) is 6.33 Å². The molecule has 0 spiro atoms. The van der Waals surface area contributed by atoms with Crippen molar-refractivity contribution in [1.82, 2.24) is 29.2 Å². The Labute approximate surface area is 157 Å². The molecule has 0 saturated carbocycles. The van der Waals surface area contributed by atoms with Gasteiger partial charge in [0.25, 0.3) is 5.91 Å². The zero-order chi connectivity index (χ0) is 18.8. The monoisotopic (exact) mass is 368 g/mol. The number of hydrogen-bond donors (Lipinski definition) is 0. The lowest BCUT2D eigenvalue weighted by molar-refractivity contribution is 0.0695. The lowest BCUT2D eigenvalue weighted by Crippen LogP contribution is -2.35. The van der Waals surface area contributed by atoms with Crippen LogP contribution in [0, 0.1) is 6.92 Å². The van der Waals surface area contributed by atoms with Gasteiger partial charge in [-0.15, -0.1) is 0 Å². The third-order valence-corrected chi connectivity index (χ3v) is 5.31. The number of hydrogen-bond acceptors (Lipinski definition) is 5. The van der Waals surface area contributed by atoms with Crippen molar-refractivity contribution in [3.8, 4) is 0 Å². The standard InChI is InChI=1S/C19H24N6O2/c1-14-10-21-18(23(14)2)8-5-15-4-3-9-25(15)19(26)17-7-6-16(27-17)11-24-13-20-12-22-24/h6-7,10,12-13,15H,3-5,8-9,11H2,1-2H3. The smallest absolute Gasteiger partial charge is 0.289 e.